The Hall–Kier alpha value is -2.04. The number of carbonyl (C=O) groups is 2. The zero-order valence-electron chi connectivity index (χ0n) is 14.1. The number of likely N-dealkylation sites (N-methyl/N-ethyl adjacent to an activating group) is 1. The highest BCUT2D eigenvalue weighted by Crippen LogP contribution is 2.20. The maximum absolute atomic E-state index is 12.9. The van der Waals surface area contributed by atoms with Crippen LogP contribution in [0.2, 0.25) is 10.0 Å². The first-order chi connectivity index (χ1) is 11.9. The van der Waals surface area contributed by atoms with Crippen molar-refractivity contribution >= 4 is 35.0 Å². The zero-order chi connectivity index (χ0) is 18.4. The van der Waals surface area contributed by atoms with Crippen LogP contribution >= 0.6 is 23.2 Å². The molecule has 0 spiro atoms. The number of halogens is 2. The van der Waals surface area contributed by atoms with E-state index in [0.29, 0.717) is 10.0 Å². The highest BCUT2D eigenvalue weighted by Gasteiger charge is 2.26. The average Bonchev–Trinajstić information content (AvgIpc) is 2.59. The lowest BCUT2D eigenvalue weighted by Crippen LogP contribution is -2.47. The smallest absolute Gasteiger partial charge is 0.242 e. The van der Waals surface area contributed by atoms with Crippen molar-refractivity contribution in [1.82, 2.24) is 10.2 Å². The van der Waals surface area contributed by atoms with E-state index >= 15 is 0 Å². The second-order valence-electron chi connectivity index (χ2n) is 5.71. The molecule has 1 unspecified atom stereocenters. The Morgan fingerprint density at radius 3 is 2.48 bits per heavy atom. The van der Waals surface area contributed by atoms with Crippen molar-refractivity contribution < 1.29 is 9.59 Å². The van der Waals surface area contributed by atoms with E-state index in [1.54, 1.807) is 38.2 Å². The normalized spacial score (nSPS) is 11.7. The molecule has 0 heterocycles. The van der Waals surface area contributed by atoms with Gasteiger partial charge in [-0.2, -0.15) is 0 Å². The van der Waals surface area contributed by atoms with Crippen LogP contribution in [0.4, 0.5) is 0 Å². The van der Waals surface area contributed by atoms with E-state index in [-0.39, 0.29) is 24.8 Å². The first-order valence-corrected chi connectivity index (χ1v) is 8.67. The van der Waals surface area contributed by atoms with Crippen molar-refractivity contribution in [1.29, 1.82) is 0 Å². The maximum Gasteiger partial charge on any atom is 0.242 e. The van der Waals surface area contributed by atoms with Gasteiger partial charge in [0.1, 0.15) is 6.04 Å². The van der Waals surface area contributed by atoms with E-state index in [4.69, 9.17) is 23.2 Å². The van der Waals surface area contributed by atoms with E-state index in [2.05, 4.69) is 5.32 Å². The Morgan fingerprint density at radius 1 is 1.12 bits per heavy atom. The minimum Gasteiger partial charge on any atom is -0.357 e. The Kier molecular flexibility index (Phi) is 6.85. The molecule has 2 aromatic rings. The van der Waals surface area contributed by atoms with Crippen LogP contribution in [-0.2, 0) is 22.6 Å². The summed E-state index contributed by atoms with van der Waals surface area (Å²) in [7, 11) is 1.55. The Labute approximate surface area is 157 Å². The fourth-order valence-electron chi connectivity index (χ4n) is 2.52. The lowest BCUT2D eigenvalue weighted by Gasteiger charge is -2.28. The summed E-state index contributed by atoms with van der Waals surface area (Å²) in [5, 5.41) is 3.72. The highest BCUT2D eigenvalue weighted by atomic mass is 35.5. The van der Waals surface area contributed by atoms with Gasteiger partial charge in [0.15, 0.2) is 0 Å². The predicted molar refractivity (Wildman–Crippen MR) is 101 cm³/mol. The topological polar surface area (TPSA) is 49.4 Å². The van der Waals surface area contributed by atoms with Crippen molar-refractivity contribution in [3.8, 4) is 0 Å². The Morgan fingerprint density at radius 2 is 1.84 bits per heavy atom. The van der Waals surface area contributed by atoms with Gasteiger partial charge in [0.05, 0.1) is 6.42 Å². The number of rotatable bonds is 6. The van der Waals surface area contributed by atoms with Gasteiger partial charge >= 0.3 is 0 Å². The van der Waals surface area contributed by atoms with Gasteiger partial charge < -0.3 is 10.2 Å². The van der Waals surface area contributed by atoms with E-state index in [1.807, 2.05) is 24.3 Å². The SMILES string of the molecule is CNC(=O)C(C)N(Cc1ccccc1Cl)C(=O)Cc1cccc(Cl)c1. The molecule has 1 N–H and O–H groups in total. The third kappa shape index (κ3) is 5.21. The van der Waals surface area contributed by atoms with Gasteiger partial charge in [-0.1, -0.05) is 53.5 Å². The first kappa shape index (κ1) is 19.3. The van der Waals surface area contributed by atoms with Gasteiger partial charge in [-0.3, -0.25) is 9.59 Å². The van der Waals surface area contributed by atoms with Crippen LogP contribution in [0.5, 0.6) is 0 Å². The van der Waals surface area contributed by atoms with Crippen LogP contribution in [-0.4, -0.2) is 29.8 Å². The van der Waals surface area contributed by atoms with E-state index in [1.165, 1.54) is 4.90 Å². The number of amides is 2. The summed E-state index contributed by atoms with van der Waals surface area (Å²) in [5.41, 5.74) is 1.59. The summed E-state index contributed by atoms with van der Waals surface area (Å²) >= 11 is 12.2. The molecule has 0 fully saturated rings. The molecule has 0 saturated carbocycles. The molecule has 0 aliphatic rings. The Balaban J connectivity index is 2.25. The highest BCUT2D eigenvalue weighted by molar-refractivity contribution is 6.31. The maximum atomic E-state index is 12.9. The standard InChI is InChI=1S/C19H20Cl2N2O2/c1-13(19(25)22-2)23(12-15-7-3-4-9-17(15)21)18(24)11-14-6-5-8-16(20)10-14/h3-10,13H,11-12H2,1-2H3,(H,22,25). The van der Waals surface area contributed by atoms with Gasteiger partial charge in [0, 0.05) is 23.6 Å². The van der Waals surface area contributed by atoms with Crippen molar-refractivity contribution in [2.75, 3.05) is 7.05 Å². The number of benzene rings is 2. The summed E-state index contributed by atoms with van der Waals surface area (Å²) in [4.78, 5) is 26.5. The van der Waals surface area contributed by atoms with Gasteiger partial charge in [0.25, 0.3) is 0 Å². The van der Waals surface area contributed by atoms with E-state index < -0.39 is 6.04 Å². The minimum absolute atomic E-state index is 0.159. The summed E-state index contributed by atoms with van der Waals surface area (Å²) in [6, 6.07) is 13.8. The van der Waals surface area contributed by atoms with Crippen LogP contribution in [0.3, 0.4) is 0 Å². The van der Waals surface area contributed by atoms with Crippen LogP contribution < -0.4 is 5.32 Å². The van der Waals surface area contributed by atoms with Crippen LogP contribution in [0.15, 0.2) is 48.5 Å². The van der Waals surface area contributed by atoms with Gasteiger partial charge in [0.2, 0.25) is 11.8 Å². The molecule has 132 valence electrons. The van der Waals surface area contributed by atoms with Crippen LogP contribution in [0, 0.1) is 0 Å². The molecule has 4 nitrogen and oxygen atoms in total. The molecule has 1 atom stereocenters. The van der Waals surface area contributed by atoms with Crippen LogP contribution in [0.25, 0.3) is 0 Å². The summed E-state index contributed by atoms with van der Waals surface area (Å²) < 4.78 is 0. The van der Waals surface area contributed by atoms with Gasteiger partial charge in [-0.15, -0.1) is 0 Å². The molecule has 0 radical (unpaired) electrons. The molecule has 0 aliphatic heterocycles. The lowest BCUT2D eigenvalue weighted by atomic mass is 10.1. The fraction of sp³-hybridized carbons (Fsp3) is 0.263. The molecular formula is C19H20Cl2N2O2. The second kappa shape index (κ2) is 8.88. The van der Waals surface area contributed by atoms with Crippen LogP contribution in [0.1, 0.15) is 18.1 Å². The number of nitrogens with one attached hydrogen (secondary N) is 1. The van der Waals surface area contributed by atoms with Crippen molar-refractivity contribution in [3.63, 3.8) is 0 Å². The third-order valence-electron chi connectivity index (χ3n) is 3.96. The van der Waals surface area contributed by atoms with E-state index in [9.17, 15) is 9.59 Å². The summed E-state index contributed by atoms with van der Waals surface area (Å²) in [5.74, 6) is -0.398. The minimum atomic E-state index is -0.618. The molecular weight excluding hydrogens is 359 g/mol. The monoisotopic (exact) mass is 378 g/mol. The van der Waals surface area contributed by atoms with Gasteiger partial charge in [-0.25, -0.2) is 0 Å². The Bertz CT molecular complexity index is 765. The molecule has 2 aromatic carbocycles. The molecule has 25 heavy (non-hydrogen) atoms. The molecule has 6 heteroatoms. The van der Waals surface area contributed by atoms with Gasteiger partial charge in [-0.05, 0) is 36.2 Å². The fourth-order valence-corrected chi connectivity index (χ4v) is 2.93. The van der Waals surface area contributed by atoms with Crippen molar-refractivity contribution in [2.24, 2.45) is 0 Å². The third-order valence-corrected chi connectivity index (χ3v) is 4.56. The predicted octanol–water partition coefficient (Wildman–Crippen LogP) is 3.70. The number of hydrogen-bond donors (Lipinski definition) is 1. The zero-order valence-corrected chi connectivity index (χ0v) is 15.6. The molecule has 0 aromatic heterocycles. The summed E-state index contributed by atoms with van der Waals surface area (Å²) in [6.45, 7) is 1.96. The number of nitrogens with zero attached hydrogens (tertiary/aromatic N) is 1. The van der Waals surface area contributed by atoms with Crippen molar-refractivity contribution in [3.05, 3.63) is 69.7 Å². The molecule has 2 amide bonds. The molecule has 0 saturated heterocycles. The first-order valence-electron chi connectivity index (χ1n) is 7.91. The number of carbonyl (C=O) groups excluding carboxylic acids is 2. The quantitative estimate of drug-likeness (QED) is 0.832. The summed E-state index contributed by atoms with van der Waals surface area (Å²) in [6.07, 6.45) is 0.159. The molecule has 0 aliphatic carbocycles. The average molecular weight is 379 g/mol. The molecule has 0 bridgehead atoms. The molecule has 2 rings (SSSR count). The number of hydrogen-bond acceptors (Lipinski definition) is 2. The largest absolute Gasteiger partial charge is 0.357 e. The lowest BCUT2D eigenvalue weighted by molar-refractivity contribution is -0.139. The van der Waals surface area contributed by atoms with E-state index in [0.717, 1.165) is 11.1 Å². The van der Waals surface area contributed by atoms with Crippen molar-refractivity contribution in [2.45, 2.75) is 25.9 Å². The second-order valence-corrected chi connectivity index (χ2v) is 6.55.